The summed E-state index contributed by atoms with van der Waals surface area (Å²) in [4.78, 5) is 19.6. The molecule has 0 radical (unpaired) electrons. The standard InChI is InChI=1S/C33H37N3O2S/c1-3-29-23-30(33(39-29)34-32(37)27-13-9-6-10-14-27)31(26-15-17-28(18-16-26)38-4-2)36-21-19-35(20-22-36)24-25-11-7-5-8-12-25/h5-18,23,31H,3-4,19-22,24H2,1-2H3,(H,34,37)/t31-/m1/s1. The van der Waals surface area contributed by atoms with Crippen LogP contribution in [0.5, 0.6) is 5.75 Å². The van der Waals surface area contributed by atoms with Crippen molar-refractivity contribution in [1.29, 1.82) is 0 Å². The number of thiophene rings is 1. The average Bonchev–Trinajstić information content (AvgIpc) is 3.38. The summed E-state index contributed by atoms with van der Waals surface area (Å²) in [5.74, 6) is 0.810. The van der Waals surface area contributed by atoms with Crippen LogP contribution in [0.15, 0.2) is 91.0 Å². The molecule has 6 heteroatoms. The van der Waals surface area contributed by atoms with Crippen molar-refractivity contribution in [2.24, 2.45) is 0 Å². The second kappa shape index (κ2) is 13.1. The van der Waals surface area contributed by atoms with Crippen LogP contribution in [0.4, 0.5) is 5.00 Å². The van der Waals surface area contributed by atoms with Gasteiger partial charge in [-0.15, -0.1) is 11.3 Å². The highest BCUT2D eigenvalue weighted by atomic mass is 32.1. The number of hydrogen-bond acceptors (Lipinski definition) is 5. The summed E-state index contributed by atoms with van der Waals surface area (Å²) in [5, 5.41) is 4.20. The van der Waals surface area contributed by atoms with Crippen LogP contribution in [0.2, 0.25) is 0 Å². The average molecular weight is 540 g/mol. The summed E-state index contributed by atoms with van der Waals surface area (Å²) in [7, 11) is 0. The van der Waals surface area contributed by atoms with Gasteiger partial charge in [-0.25, -0.2) is 0 Å². The number of carbonyl (C=O) groups is 1. The van der Waals surface area contributed by atoms with Crippen LogP contribution in [0.3, 0.4) is 0 Å². The zero-order chi connectivity index (χ0) is 27.0. The lowest BCUT2D eigenvalue weighted by molar-refractivity contribution is 0.102. The molecule has 39 heavy (non-hydrogen) atoms. The van der Waals surface area contributed by atoms with Gasteiger partial charge >= 0.3 is 0 Å². The minimum atomic E-state index is -0.0699. The molecule has 1 aromatic heterocycles. The van der Waals surface area contributed by atoms with Crippen molar-refractivity contribution in [3.63, 3.8) is 0 Å². The number of nitrogens with one attached hydrogen (secondary N) is 1. The minimum absolute atomic E-state index is 0.0437. The molecule has 0 bridgehead atoms. The van der Waals surface area contributed by atoms with Gasteiger partial charge in [0.15, 0.2) is 0 Å². The smallest absolute Gasteiger partial charge is 0.256 e. The fourth-order valence-corrected chi connectivity index (χ4v) is 6.24. The minimum Gasteiger partial charge on any atom is -0.494 e. The Balaban J connectivity index is 1.43. The van der Waals surface area contributed by atoms with Gasteiger partial charge in [0.1, 0.15) is 10.8 Å². The fourth-order valence-electron chi connectivity index (χ4n) is 5.22. The monoisotopic (exact) mass is 539 g/mol. The Kier molecular flexibility index (Phi) is 9.09. The van der Waals surface area contributed by atoms with Crippen LogP contribution in [0.1, 0.15) is 51.8 Å². The number of amides is 1. The molecule has 0 spiro atoms. The molecule has 5 rings (SSSR count). The van der Waals surface area contributed by atoms with E-state index in [0.717, 1.165) is 49.9 Å². The molecule has 1 atom stereocenters. The highest BCUT2D eigenvalue weighted by Gasteiger charge is 2.30. The molecule has 0 unspecified atom stereocenters. The summed E-state index contributed by atoms with van der Waals surface area (Å²) < 4.78 is 5.73. The van der Waals surface area contributed by atoms with E-state index in [4.69, 9.17) is 4.74 Å². The molecule has 3 aromatic carbocycles. The SMILES string of the molecule is CCOc1ccc([C@H](c2cc(CC)sc2NC(=O)c2ccccc2)N2CCN(Cc3ccccc3)CC2)cc1. The highest BCUT2D eigenvalue weighted by molar-refractivity contribution is 7.16. The summed E-state index contributed by atoms with van der Waals surface area (Å²) in [6.45, 7) is 9.70. The van der Waals surface area contributed by atoms with Crippen molar-refractivity contribution < 1.29 is 9.53 Å². The van der Waals surface area contributed by atoms with E-state index < -0.39 is 0 Å². The Morgan fingerprint density at radius 1 is 0.897 bits per heavy atom. The van der Waals surface area contributed by atoms with Gasteiger partial charge in [0.25, 0.3) is 5.91 Å². The third-order valence-corrected chi connectivity index (χ3v) is 8.46. The molecule has 1 aliphatic rings. The number of anilines is 1. The summed E-state index contributed by atoms with van der Waals surface area (Å²) >= 11 is 1.69. The zero-order valence-electron chi connectivity index (χ0n) is 22.8. The van der Waals surface area contributed by atoms with Crippen molar-refractivity contribution in [2.75, 3.05) is 38.1 Å². The Labute approximate surface area is 236 Å². The van der Waals surface area contributed by atoms with Crippen LogP contribution >= 0.6 is 11.3 Å². The van der Waals surface area contributed by atoms with E-state index in [1.807, 2.05) is 37.3 Å². The Morgan fingerprint density at radius 2 is 1.56 bits per heavy atom. The van der Waals surface area contributed by atoms with Crippen molar-refractivity contribution in [2.45, 2.75) is 32.9 Å². The molecule has 4 aromatic rings. The topological polar surface area (TPSA) is 44.8 Å². The maximum atomic E-state index is 13.2. The molecule has 1 saturated heterocycles. The number of nitrogens with zero attached hydrogens (tertiary/aromatic N) is 2. The van der Waals surface area contributed by atoms with E-state index in [1.54, 1.807) is 11.3 Å². The molecule has 0 aliphatic carbocycles. The largest absolute Gasteiger partial charge is 0.494 e. The third-order valence-electron chi connectivity index (χ3n) is 7.25. The number of ether oxygens (including phenoxy) is 1. The molecule has 0 saturated carbocycles. The lowest BCUT2D eigenvalue weighted by Crippen LogP contribution is -2.47. The number of benzene rings is 3. The van der Waals surface area contributed by atoms with Crippen LogP contribution in [-0.2, 0) is 13.0 Å². The van der Waals surface area contributed by atoms with Gasteiger partial charge in [-0.3, -0.25) is 14.6 Å². The quantitative estimate of drug-likeness (QED) is 0.239. The van der Waals surface area contributed by atoms with Crippen molar-refractivity contribution in [1.82, 2.24) is 9.80 Å². The second-order valence-corrected chi connectivity index (χ2v) is 11.0. The summed E-state index contributed by atoms with van der Waals surface area (Å²) in [6.07, 6.45) is 0.930. The maximum Gasteiger partial charge on any atom is 0.256 e. The molecular weight excluding hydrogens is 502 g/mol. The molecule has 5 nitrogen and oxygen atoms in total. The zero-order valence-corrected chi connectivity index (χ0v) is 23.6. The van der Waals surface area contributed by atoms with Gasteiger partial charge in [-0.1, -0.05) is 67.6 Å². The van der Waals surface area contributed by atoms with Crippen LogP contribution in [-0.4, -0.2) is 48.5 Å². The van der Waals surface area contributed by atoms with E-state index in [0.29, 0.717) is 12.2 Å². The van der Waals surface area contributed by atoms with Crippen molar-refractivity contribution in [3.8, 4) is 5.75 Å². The lowest BCUT2D eigenvalue weighted by Gasteiger charge is -2.40. The molecule has 1 fully saturated rings. The van der Waals surface area contributed by atoms with Gasteiger partial charge < -0.3 is 10.1 Å². The Bertz CT molecular complexity index is 1330. The maximum absolute atomic E-state index is 13.2. The summed E-state index contributed by atoms with van der Waals surface area (Å²) in [6, 6.07) is 31.0. The number of carbonyl (C=O) groups excluding carboxylic acids is 1. The van der Waals surface area contributed by atoms with E-state index in [9.17, 15) is 4.79 Å². The van der Waals surface area contributed by atoms with E-state index in [-0.39, 0.29) is 11.9 Å². The predicted octanol–water partition coefficient (Wildman–Crippen LogP) is 6.87. The van der Waals surface area contributed by atoms with Crippen molar-refractivity contribution in [3.05, 3.63) is 118 Å². The Morgan fingerprint density at radius 3 is 2.21 bits per heavy atom. The van der Waals surface area contributed by atoms with E-state index >= 15 is 0 Å². The van der Waals surface area contributed by atoms with Gasteiger partial charge in [0, 0.05) is 48.7 Å². The summed E-state index contributed by atoms with van der Waals surface area (Å²) in [5.41, 5.74) is 4.40. The lowest BCUT2D eigenvalue weighted by atomic mass is 9.97. The molecule has 1 amide bonds. The van der Waals surface area contributed by atoms with Gasteiger partial charge in [0.2, 0.25) is 0 Å². The molecular formula is C33H37N3O2S. The number of piperazine rings is 1. The van der Waals surface area contributed by atoms with Crippen LogP contribution < -0.4 is 10.1 Å². The van der Waals surface area contributed by atoms with Crippen LogP contribution in [0, 0.1) is 0 Å². The number of rotatable bonds is 10. The molecule has 1 N–H and O–H groups in total. The third kappa shape index (κ3) is 6.77. The normalized spacial score (nSPS) is 15.1. The molecule has 202 valence electrons. The highest BCUT2D eigenvalue weighted by Crippen LogP contribution is 2.40. The van der Waals surface area contributed by atoms with E-state index in [1.165, 1.54) is 21.6 Å². The first kappa shape index (κ1) is 27.1. The number of hydrogen-bond donors (Lipinski definition) is 1. The van der Waals surface area contributed by atoms with E-state index in [2.05, 4.69) is 82.7 Å². The second-order valence-electron chi connectivity index (χ2n) is 9.87. The predicted molar refractivity (Wildman–Crippen MR) is 161 cm³/mol. The van der Waals surface area contributed by atoms with Crippen molar-refractivity contribution >= 4 is 22.2 Å². The first-order valence-corrected chi connectivity index (χ1v) is 14.7. The van der Waals surface area contributed by atoms with Gasteiger partial charge in [-0.2, -0.15) is 0 Å². The molecule has 2 heterocycles. The number of aryl methyl sites for hydroxylation is 1. The fraction of sp³-hybridized carbons (Fsp3) is 0.303. The first-order chi connectivity index (χ1) is 19.1. The molecule has 1 aliphatic heterocycles. The van der Waals surface area contributed by atoms with Gasteiger partial charge in [0.05, 0.1) is 12.6 Å². The van der Waals surface area contributed by atoms with Gasteiger partial charge in [-0.05, 0) is 54.8 Å². The Hall–Kier alpha value is -3.45. The van der Waals surface area contributed by atoms with Crippen LogP contribution in [0.25, 0.3) is 0 Å². The first-order valence-electron chi connectivity index (χ1n) is 13.9.